The number of alkyl halides is 1. The molecule has 0 aliphatic carbocycles. The largest absolute Gasteiger partial charge is 0.490 e. The van der Waals surface area contributed by atoms with Crippen LogP contribution in [-0.2, 0) is 0 Å². The Bertz CT molecular complexity index is 376. The van der Waals surface area contributed by atoms with Gasteiger partial charge in [0.05, 0.1) is 16.7 Å². The molecule has 0 heterocycles. The van der Waals surface area contributed by atoms with Gasteiger partial charge < -0.3 is 4.74 Å². The zero-order chi connectivity index (χ0) is 14.8. The summed E-state index contributed by atoms with van der Waals surface area (Å²) in [6.07, 6.45) is 8.67. The lowest BCUT2D eigenvalue weighted by Gasteiger charge is -2.10. The maximum atomic E-state index is 6.05. The summed E-state index contributed by atoms with van der Waals surface area (Å²) in [4.78, 5) is 0. The first-order chi connectivity index (χ1) is 9.65. The van der Waals surface area contributed by atoms with Gasteiger partial charge in [-0.05, 0) is 25.0 Å². The van der Waals surface area contributed by atoms with Crippen LogP contribution in [0.1, 0.15) is 44.9 Å². The molecule has 0 amide bonds. The van der Waals surface area contributed by atoms with Gasteiger partial charge in [-0.3, -0.25) is 0 Å². The number of benzene rings is 1. The van der Waals surface area contributed by atoms with Gasteiger partial charge in [-0.2, -0.15) is 0 Å². The molecule has 114 valence electrons. The molecule has 1 aromatic carbocycles. The van der Waals surface area contributed by atoms with E-state index in [0.29, 0.717) is 27.4 Å². The van der Waals surface area contributed by atoms with E-state index in [4.69, 9.17) is 39.5 Å². The second kappa shape index (κ2) is 11.0. The van der Waals surface area contributed by atoms with Crippen LogP contribution in [0.2, 0.25) is 15.1 Å². The van der Waals surface area contributed by atoms with Crippen LogP contribution < -0.4 is 4.74 Å². The molecule has 0 aromatic heterocycles. The van der Waals surface area contributed by atoms with Crippen molar-refractivity contribution in [3.63, 3.8) is 0 Å². The zero-order valence-electron chi connectivity index (χ0n) is 11.4. The van der Waals surface area contributed by atoms with Crippen molar-refractivity contribution >= 4 is 50.7 Å². The van der Waals surface area contributed by atoms with Crippen molar-refractivity contribution in [2.75, 3.05) is 11.9 Å². The predicted molar refractivity (Wildman–Crippen MR) is 93.1 cm³/mol. The fourth-order valence-corrected chi connectivity index (χ4v) is 3.24. The van der Waals surface area contributed by atoms with Crippen LogP contribution in [-0.4, -0.2) is 11.9 Å². The van der Waals surface area contributed by atoms with Gasteiger partial charge in [0.2, 0.25) is 0 Å². The van der Waals surface area contributed by atoms with Gasteiger partial charge in [-0.1, -0.05) is 82.8 Å². The molecule has 1 aromatic rings. The lowest BCUT2D eigenvalue weighted by Crippen LogP contribution is -1.98. The molecule has 1 rings (SSSR count). The molecule has 0 unspecified atom stereocenters. The summed E-state index contributed by atoms with van der Waals surface area (Å²) >= 11 is 21.4. The Morgan fingerprint density at radius 1 is 0.800 bits per heavy atom. The Hall–Kier alpha value is 0.370. The Morgan fingerprint density at radius 3 is 1.85 bits per heavy atom. The lowest BCUT2D eigenvalue weighted by molar-refractivity contribution is 0.304. The third-order valence-electron chi connectivity index (χ3n) is 2.99. The molecule has 1 nitrogen and oxygen atoms in total. The number of halogens is 4. The fourth-order valence-electron chi connectivity index (χ4n) is 1.92. The van der Waals surface area contributed by atoms with Crippen molar-refractivity contribution in [1.82, 2.24) is 0 Å². The molecule has 0 aliphatic heterocycles. The van der Waals surface area contributed by atoms with Gasteiger partial charge in [-0.25, -0.2) is 0 Å². The second-order valence-corrected chi connectivity index (χ2v) is 6.75. The van der Waals surface area contributed by atoms with Crippen LogP contribution in [0.4, 0.5) is 0 Å². The Balaban J connectivity index is 2.13. The number of ether oxygens (including phenoxy) is 1. The lowest BCUT2D eigenvalue weighted by atomic mass is 10.1. The minimum absolute atomic E-state index is 0.470. The highest BCUT2D eigenvalue weighted by molar-refractivity contribution is 9.09. The van der Waals surface area contributed by atoms with E-state index in [1.807, 2.05) is 0 Å². The highest BCUT2D eigenvalue weighted by Gasteiger charge is 2.08. The average Bonchev–Trinajstić information content (AvgIpc) is 2.39. The number of hydrogen-bond donors (Lipinski definition) is 0. The van der Waals surface area contributed by atoms with Crippen LogP contribution in [0.25, 0.3) is 0 Å². The van der Waals surface area contributed by atoms with Crippen molar-refractivity contribution in [3.05, 3.63) is 27.2 Å². The summed E-state index contributed by atoms with van der Waals surface area (Å²) in [6.45, 7) is 0.641. The van der Waals surface area contributed by atoms with Crippen LogP contribution in [0.5, 0.6) is 5.75 Å². The van der Waals surface area contributed by atoms with E-state index in [9.17, 15) is 0 Å². The minimum atomic E-state index is 0.470. The third-order valence-corrected chi connectivity index (χ3v) is 4.33. The summed E-state index contributed by atoms with van der Waals surface area (Å²) in [5.74, 6) is 0.537. The molecule has 0 saturated heterocycles. The van der Waals surface area contributed by atoms with Crippen molar-refractivity contribution in [2.24, 2.45) is 0 Å². The number of hydrogen-bond acceptors (Lipinski definition) is 1. The SMILES string of the molecule is Clc1cc(Cl)c(OCCCCCCCCCBr)c(Cl)c1. The van der Waals surface area contributed by atoms with Crippen LogP contribution >= 0.6 is 50.7 Å². The van der Waals surface area contributed by atoms with Gasteiger partial charge in [0.1, 0.15) is 0 Å². The summed E-state index contributed by atoms with van der Waals surface area (Å²) in [6, 6.07) is 3.29. The van der Waals surface area contributed by atoms with Gasteiger partial charge in [-0.15, -0.1) is 0 Å². The molecular formula is C15H20BrCl3O. The Morgan fingerprint density at radius 2 is 1.30 bits per heavy atom. The molecule has 0 N–H and O–H groups in total. The highest BCUT2D eigenvalue weighted by Crippen LogP contribution is 2.35. The van der Waals surface area contributed by atoms with Crippen molar-refractivity contribution in [3.8, 4) is 5.75 Å². The molecule has 20 heavy (non-hydrogen) atoms. The van der Waals surface area contributed by atoms with Gasteiger partial charge in [0.25, 0.3) is 0 Å². The second-order valence-electron chi connectivity index (χ2n) is 4.71. The summed E-state index contributed by atoms with van der Waals surface area (Å²) in [5, 5.41) is 2.58. The van der Waals surface area contributed by atoms with Crippen molar-refractivity contribution in [2.45, 2.75) is 44.9 Å². The van der Waals surface area contributed by atoms with Crippen molar-refractivity contribution < 1.29 is 4.74 Å². The molecule has 0 fully saturated rings. The normalized spacial score (nSPS) is 10.8. The first kappa shape index (κ1) is 18.4. The molecular weight excluding hydrogens is 382 g/mol. The molecule has 0 radical (unpaired) electrons. The molecule has 0 atom stereocenters. The predicted octanol–water partition coefficient (Wildman–Crippen LogP) is 7.15. The average molecular weight is 403 g/mol. The zero-order valence-corrected chi connectivity index (χ0v) is 15.3. The summed E-state index contributed by atoms with van der Waals surface area (Å²) < 4.78 is 5.64. The highest BCUT2D eigenvalue weighted by atomic mass is 79.9. The minimum Gasteiger partial charge on any atom is -0.490 e. The maximum Gasteiger partial charge on any atom is 0.156 e. The third kappa shape index (κ3) is 7.40. The first-order valence-electron chi connectivity index (χ1n) is 6.98. The molecule has 5 heteroatoms. The van der Waals surface area contributed by atoms with Gasteiger partial charge in [0.15, 0.2) is 5.75 Å². The Kier molecular flexibility index (Phi) is 10.1. The standard InChI is InChI=1S/C15H20BrCl3O/c16-8-6-4-2-1-3-5-7-9-20-15-13(18)10-12(17)11-14(15)19/h10-11H,1-9H2. The summed E-state index contributed by atoms with van der Waals surface area (Å²) in [5.41, 5.74) is 0. The number of rotatable bonds is 10. The van der Waals surface area contributed by atoms with Gasteiger partial charge >= 0.3 is 0 Å². The molecule has 0 bridgehead atoms. The molecule has 0 saturated carbocycles. The van der Waals surface area contributed by atoms with Crippen LogP contribution in [0.15, 0.2) is 12.1 Å². The van der Waals surface area contributed by atoms with E-state index in [1.54, 1.807) is 12.1 Å². The maximum absolute atomic E-state index is 6.05. The van der Waals surface area contributed by atoms with E-state index >= 15 is 0 Å². The summed E-state index contributed by atoms with van der Waals surface area (Å²) in [7, 11) is 0. The van der Waals surface area contributed by atoms with E-state index < -0.39 is 0 Å². The van der Waals surface area contributed by atoms with E-state index in [2.05, 4.69) is 15.9 Å². The molecule has 0 aliphatic rings. The van der Waals surface area contributed by atoms with Gasteiger partial charge in [0, 0.05) is 10.4 Å². The number of unbranched alkanes of at least 4 members (excludes halogenated alkanes) is 6. The molecule has 0 spiro atoms. The quantitative estimate of drug-likeness (QED) is 0.298. The van der Waals surface area contributed by atoms with E-state index in [-0.39, 0.29) is 0 Å². The fraction of sp³-hybridized carbons (Fsp3) is 0.600. The van der Waals surface area contributed by atoms with Crippen molar-refractivity contribution in [1.29, 1.82) is 0 Å². The Labute approximate surface area is 145 Å². The smallest absolute Gasteiger partial charge is 0.156 e. The van der Waals surface area contributed by atoms with E-state index in [1.165, 1.54) is 38.5 Å². The van der Waals surface area contributed by atoms with Crippen LogP contribution in [0.3, 0.4) is 0 Å². The first-order valence-corrected chi connectivity index (χ1v) is 9.24. The van der Waals surface area contributed by atoms with E-state index in [0.717, 1.165) is 11.8 Å². The monoisotopic (exact) mass is 400 g/mol. The topological polar surface area (TPSA) is 9.23 Å². The van der Waals surface area contributed by atoms with Crippen LogP contribution in [0, 0.1) is 0 Å².